The molecule has 2 aliphatic carbocycles. The Labute approximate surface area is 579 Å². The van der Waals surface area contributed by atoms with Crippen LogP contribution in [0.5, 0.6) is 0 Å². The van der Waals surface area contributed by atoms with Gasteiger partial charge in [-0.1, -0.05) is 145 Å². The average molecular weight is 1640 g/mol. The SMILES string of the molecule is CC(C)(C)c1ccc([I+]c2ccc(C(C)(C)C)cc2)cc1.CC(C)(C)c1ccc([I+]c2ccc(C(C)(C)C)cc2)cc1.CC1(C)C2CCC1C(CS(=O)(=O)[O-])C2=O.COCN1C(=O)N(COC)C2C1N(COC)C(=O)N2COC.O=S(=O)([O-])C(F)(F)C(F)(F)C(F)(F)C(F)(F)F. The maximum Gasteiger partial charge on any atom is 0.460 e. The smallest absolute Gasteiger partial charge is 0.460 e. The van der Waals surface area contributed by atoms with Crippen LogP contribution in [0.4, 0.5) is 49.1 Å². The maximum atomic E-state index is 12.6. The van der Waals surface area contributed by atoms with Crippen molar-refractivity contribution in [1.82, 2.24) is 19.6 Å². The van der Waals surface area contributed by atoms with Crippen LogP contribution in [0.25, 0.3) is 0 Å². The van der Waals surface area contributed by atoms with Gasteiger partial charge >= 0.3 is 77.7 Å². The highest BCUT2D eigenvalue weighted by Crippen LogP contribution is 2.59. The van der Waals surface area contributed by atoms with Gasteiger partial charge in [-0.25, -0.2) is 26.4 Å². The van der Waals surface area contributed by atoms with E-state index in [1.807, 2.05) is 13.8 Å². The topological polar surface area (TPSA) is 215 Å². The molecule has 2 saturated carbocycles. The van der Waals surface area contributed by atoms with Crippen LogP contribution in [0.1, 0.15) is 132 Å². The van der Waals surface area contributed by atoms with Gasteiger partial charge in [0.25, 0.3) is 0 Å². The molecular formula is C66H89F9I2N4O13S2. The second kappa shape index (κ2) is 32.1. The predicted octanol–water partition coefficient (Wildman–Crippen LogP) is 7.09. The Morgan fingerprint density at radius 1 is 0.458 bits per heavy atom. The largest absolute Gasteiger partial charge is 0.748 e. The highest BCUT2D eigenvalue weighted by molar-refractivity contribution is 7.86. The molecule has 17 nitrogen and oxygen atoms in total. The number of benzene rings is 4. The minimum absolute atomic E-state index is 0.00400. The van der Waals surface area contributed by atoms with Gasteiger partial charge in [0.1, 0.15) is 32.7 Å². The number of halogens is 11. The molecule has 3 atom stereocenters. The van der Waals surface area contributed by atoms with Crippen LogP contribution < -0.4 is 42.4 Å². The maximum absolute atomic E-state index is 12.6. The van der Waals surface area contributed by atoms with Crippen molar-refractivity contribution in [3.05, 3.63) is 134 Å². The number of fused-ring (bicyclic) bond motifs is 3. The highest BCUT2D eigenvalue weighted by Gasteiger charge is 2.84. The summed E-state index contributed by atoms with van der Waals surface area (Å²) in [4.78, 5) is 42.8. The lowest BCUT2D eigenvalue weighted by Gasteiger charge is -2.34. The first-order chi connectivity index (χ1) is 43.7. The van der Waals surface area contributed by atoms with E-state index in [2.05, 4.69) is 180 Å². The molecule has 2 bridgehead atoms. The first kappa shape index (κ1) is 84.0. The molecule has 2 saturated heterocycles. The van der Waals surface area contributed by atoms with Gasteiger partial charge in [0.15, 0.2) is 36.7 Å². The molecule has 30 heteroatoms. The number of ether oxygens (including phenoxy) is 4. The molecule has 4 aromatic rings. The lowest BCUT2D eigenvalue weighted by Crippen LogP contribution is -3.61. The van der Waals surface area contributed by atoms with E-state index in [0.717, 1.165) is 12.8 Å². The third-order valence-electron chi connectivity index (χ3n) is 16.5. The average Bonchev–Trinajstić information content (AvgIpc) is 1.44. The van der Waals surface area contributed by atoms with Crippen LogP contribution in [-0.2, 0) is 65.6 Å². The minimum atomic E-state index is -7.43. The summed E-state index contributed by atoms with van der Waals surface area (Å²) < 4.78 is 194. The van der Waals surface area contributed by atoms with E-state index in [0.29, 0.717) is 0 Å². The van der Waals surface area contributed by atoms with Gasteiger partial charge in [0.2, 0.25) is 0 Å². The summed E-state index contributed by atoms with van der Waals surface area (Å²) in [6.45, 7) is 31.5. The van der Waals surface area contributed by atoms with E-state index in [9.17, 15) is 79.8 Å². The molecule has 2 heterocycles. The van der Waals surface area contributed by atoms with E-state index >= 15 is 0 Å². The lowest BCUT2D eigenvalue weighted by molar-refractivity contribution is -0.597. The first-order valence-electron chi connectivity index (χ1n) is 30.1. The molecule has 8 rings (SSSR count). The van der Waals surface area contributed by atoms with Crippen molar-refractivity contribution in [1.29, 1.82) is 0 Å². The zero-order valence-electron chi connectivity index (χ0n) is 57.1. The summed E-state index contributed by atoms with van der Waals surface area (Å²) in [5.41, 5.74) is 6.51. The third kappa shape index (κ3) is 20.4. The molecule has 540 valence electrons. The van der Waals surface area contributed by atoms with Crippen molar-refractivity contribution in [2.75, 3.05) is 61.1 Å². The third-order valence-corrected chi connectivity index (χ3v) is 23.5. The number of Topliss-reactive ketones (excluding diaryl/α,β-unsaturated/α-hetero) is 1. The van der Waals surface area contributed by atoms with Gasteiger partial charge in [0, 0.05) is 46.0 Å². The Morgan fingerprint density at radius 3 is 0.906 bits per heavy atom. The number of methoxy groups -OCH3 is 4. The van der Waals surface area contributed by atoms with Crippen molar-refractivity contribution in [2.45, 2.75) is 167 Å². The van der Waals surface area contributed by atoms with Crippen LogP contribution >= 0.6 is 0 Å². The van der Waals surface area contributed by atoms with E-state index in [4.69, 9.17) is 18.9 Å². The molecule has 3 unspecified atom stereocenters. The number of carbonyl (C=O) groups excluding carboxylic acids is 3. The Kier molecular flexibility index (Phi) is 28.0. The van der Waals surface area contributed by atoms with Crippen molar-refractivity contribution in [3.63, 3.8) is 0 Å². The molecular weight excluding hydrogens is 1550 g/mol. The number of nitrogens with zero attached hydrogens (tertiary/aromatic N) is 4. The van der Waals surface area contributed by atoms with Crippen molar-refractivity contribution < 1.29 is 141 Å². The predicted molar refractivity (Wildman–Crippen MR) is 332 cm³/mol. The van der Waals surface area contributed by atoms with E-state index < -0.39 is 67.5 Å². The van der Waals surface area contributed by atoms with Gasteiger partial charge in [-0.05, 0) is 117 Å². The molecule has 4 amide bonds. The van der Waals surface area contributed by atoms with Gasteiger partial charge in [-0.2, -0.15) is 39.5 Å². The van der Waals surface area contributed by atoms with Crippen LogP contribution in [0.2, 0.25) is 0 Å². The number of urea groups is 2. The van der Waals surface area contributed by atoms with Crippen LogP contribution in [0.15, 0.2) is 97.1 Å². The summed E-state index contributed by atoms with van der Waals surface area (Å²) in [6.07, 6.45) is -6.48. The summed E-state index contributed by atoms with van der Waals surface area (Å²) in [5, 5.41) is -7.11. The second-order valence-corrected chi connectivity index (χ2v) is 37.0. The van der Waals surface area contributed by atoms with Crippen molar-refractivity contribution >= 4 is 38.1 Å². The van der Waals surface area contributed by atoms with Crippen molar-refractivity contribution in [2.24, 2.45) is 23.2 Å². The molecule has 4 fully saturated rings. The molecule has 0 aromatic heterocycles. The minimum Gasteiger partial charge on any atom is -0.748 e. The normalized spacial score (nSPS) is 20.0. The lowest BCUT2D eigenvalue weighted by atomic mass is 9.80. The number of rotatable bonds is 17. The number of ketones is 1. The van der Waals surface area contributed by atoms with Gasteiger partial charge in [-0.3, -0.25) is 24.4 Å². The van der Waals surface area contributed by atoms with Crippen LogP contribution in [0, 0.1) is 37.4 Å². The highest BCUT2D eigenvalue weighted by atomic mass is 127. The fourth-order valence-electron chi connectivity index (χ4n) is 11.1. The number of hydrogen-bond donors (Lipinski definition) is 0. The number of carbonyl (C=O) groups is 3. The second-order valence-electron chi connectivity index (χ2n) is 28.1. The zero-order valence-corrected chi connectivity index (χ0v) is 63.1. The number of amides is 4. The Balaban J connectivity index is 0.000000257. The van der Waals surface area contributed by atoms with Gasteiger partial charge < -0.3 is 28.1 Å². The fourth-order valence-corrected chi connectivity index (χ4v) is 16.7. The summed E-state index contributed by atoms with van der Waals surface area (Å²) in [5.74, 6) is -15.8. The Bertz CT molecular complexity index is 3180. The summed E-state index contributed by atoms with van der Waals surface area (Å²) >= 11 is -0.141. The quantitative estimate of drug-likeness (QED) is 0.0587. The Morgan fingerprint density at radius 2 is 0.719 bits per heavy atom. The summed E-state index contributed by atoms with van der Waals surface area (Å²) in [7, 11) is -5.73. The van der Waals surface area contributed by atoms with Crippen LogP contribution in [0.3, 0.4) is 0 Å². The molecule has 0 radical (unpaired) electrons. The van der Waals surface area contributed by atoms with E-state index in [-0.39, 0.29) is 126 Å². The van der Waals surface area contributed by atoms with Gasteiger partial charge in [-0.15, -0.1) is 0 Å². The standard InChI is InChI=1S/2C20H26I.C12H22N4O6.C10H16O4S.C4HF9O3S/c2*1-19(2,3)15-7-11-17(12-8-15)21-18-13-9-16(10-14-18)20(4,5)6;1-19-5-13-9-10(15(7-21-3)11(13)17)16(8-22-4)12(18)14(9)6-20-2;1-10(2)7-3-4-8(10)9(11)6(7)5-15(12,13)14;5-1(6,3(9,10)11)2(7,8)4(12,13)17(14,15)16/h2*7-14H,1-6H3;9-10H,5-8H2,1-4H3;6-8H,3-5H2,1-2H3,(H,12,13,14);(H,14,15,16)/q2*+1;;;/p-2. The molecule has 2 aliphatic heterocycles. The fraction of sp³-hybridized carbons (Fsp3) is 0.591. The monoisotopic (exact) mass is 1630 g/mol. The molecule has 0 spiro atoms. The zero-order chi connectivity index (χ0) is 73.6. The van der Waals surface area contributed by atoms with Gasteiger partial charge in [0.05, 0.1) is 10.1 Å². The number of hydrogen-bond acceptors (Lipinski definition) is 13. The molecule has 4 aliphatic rings. The summed E-state index contributed by atoms with van der Waals surface area (Å²) in [6, 6.07) is 36.3. The molecule has 4 aromatic carbocycles. The Hall–Kier alpha value is -4.42. The van der Waals surface area contributed by atoms with Crippen LogP contribution in [-0.4, -0.2) is 160 Å². The molecule has 96 heavy (non-hydrogen) atoms. The van der Waals surface area contributed by atoms with E-state index in [1.165, 1.54) is 84.6 Å². The van der Waals surface area contributed by atoms with Crippen molar-refractivity contribution in [3.8, 4) is 0 Å². The van der Waals surface area contributed by atoms with E-state index in [1.54, 1.807) is 0 Å². The number of alkyl halides is 9. The molecule has 0 N–H and O–H groups in total. The first-order valence-corrected chi connectivity index (χ1v) is 37.4.